The summed E-state index contributed by atoms with van der Waals surface area (Å²) in [5.41, 5.74) is 5.10. The number of hydrogen-bond donors (Lipinski definition) is 1. The van der Waals surface area contributed by atoms with Crippen LogP contribution in [0.1, 0.15) is 26.7 Å². The molecule has 0 saturated carbocycles. The van der Waals surface area contributed by atoms with E-state index in [9.17, 15) is 4.79 Å². The van der Waals surface area contributed by atoms with Crippen LogP contribution in [-0.2, 0) is 14.3 Å². The Morgan fingerprint density at radius 1 is 1.29 bits per heavy atom. The van der Waals surface area contributed by atoms with E-state index >= 15 is 0 Å². The first-order valence-corrected chi connectivity index (χ1v) is 5.03. The van der Waals surface area contributed by atoms with Crippen molar-refractivity contribution >= 4 is 5.97 Å². The highest BCUT2D eigenvalue weighted by molar-refractivity contribution is 5.77. The van der Waals surface area contributed by atoms with E-state index in [4.69, 9.17) is 15.2 Å². The molecule has 0 aromatic heterocycles. The lowest BCUT2D eigenvalue weighted by Gasteiger charge is -2.27. The van der Waals surface area contributed by atoms with Crippen molar-refractivity contribution in [3.05, 3.63) is 0 Å². The van der Waals surface area contributed by atoms with E-state index in [0.29, 0.717) is 32.6 Å². The van der Waals surface area contributed by atoms with Crippen molar-refractivity contribution in [3.8, 4) is 0 Å². The van der Waals surface area contributed by atoms with E-state index in [1.165, 1.54) is 0 Å². The second-order valence-electron chi connectivity index (χ2n) is 3.32. The molecule has 0 aliphatic rings. The van der Waals surface area contributed by atoms with Gasteiger partial charge in [0.2, 0.25) is 0 Å². The minimum absolute atomic E-state index is 0.206. The highest BCUT2D eigenvalue weighted by atomic mass is 16.6. The number of nitrogens with two attached hydrogens (primary N) is 1. The first-order chi connectivity index (χ1) is 6.66. The van der Waals surface area contributed by atoms with Gasteiger partial charge in [-0.15, -0.1) is 0 Å². The van der Waals surface area contributed by atoms with E-state index in [1.54, 1.807) is 7.11 Å². The molecule has 0 atom stereocenters. The average molecular weight is 203 g/mol. The van der Waals surface area contributed by atoms with Gasteiger partial charge in [-0.2, -0.15) is 0 Å². The number of carbonyl (C=O) groups is 1. The normalized spacial score (nSPS) is 11.4. The molecule has 0 aliphatic carbocycles. The molecule has 0 unspecified atom stereocenters. The van der Waals surface area contributed by atoms with Crippen molar-refractivity contribution in [2.75, 3.05) is 26.9 Å². The van der Waals surface area contributed by atoms with Crippen LogP contribution >= 0.6 is 0 Å². The molecule has 0 radical (unpaired) electrons. The van der Waals surface area contributed by atoms with Gasteiger partial charge >= 0.3 is 5.97 Å². The number of esters is 1. The Balaban J connectivity index is 4.15. The highest BCUT2D eigenvalue weighted by Gasteiger charge is 2.34. The van der Waals surface area contributed by atoms with Gasteiger partial charge in [-0.1, -0.05) is 13.8 Å². The minimum Gasteiger partial charge on any atom is -0.463 e. The highest BCUT2D eigenvalue weighted by Crippen LogP contribution is 2.26. The van der Waals surface area contributed by atoms with Crippen molar-refractivity contribution in [2.24, 2.45) is 11.1 Å². The molecule has 0 aliphatic heterocycles. The quantitative estimate of drug-likeness (QED) is 0.494. The molecular formula is C10H21NO3. The van der Waals surface area contributed by atoms with Crippen LogP contribution in [0, 0.1) is 5.41 Å². The lowest BCUT2D eigenvalue weighted by atomic mass is 9.82. The van der Waals surface area contributed by atoms with Crippen molar-refractivity contribution in [1.29, 1.82) is 0 Å². The lowest BCUT2D eigenvalue weighted by Crippen LogP contribution is -2.39. The third kappa shape index (κ3) is 3.27. The molecule has 0 heterocycles. The Morgan fingerprint density at radius 2 is 1.86 bits per heavy atom. The van der Waals surface area contributed by atoms with Gasteiger partial charge in [-0.3, -0.25) is 4.79 Å². The number of rotatable bonds is 7. The van der Waals surface area contributed by atoms with E-state index in [-0.39, 0.29) is 5.97 Å². The summed E-state index contributed by atoms with van der Waals surface area (Å²) in [5.74, 6) is -0.206. The van der Waals surface area contributed by atoms with Gasteiger partial charge in [-0.05, 0) is 12.8 Å². The summed E-state index contributed by atoms with van der Waals surface area (Å²) in [6.45, 7) is 4.98. The Morgan fingerprint density at radius 3 is 2.21 bits per heavy atom. The third-order valence-corrected chi connectivity index (χ3v) is 2.70. The molecule has 0 saturated heterocycles. The molecule has 2 N–H and O–H groups in total. The van der Waals surface area contributed by atoms with Crippen LogP contribution in [0.15, 0.2) is 0 Å². The van der Waals surface area contributed by atoms with Crippen molar-refractivity contribution in [1.82, 2.24) is 0 Å². The predicted molar refractivity (Wildman–Crippen MR) is 54.9 cm³/mol. The van der Waals surface area contributed by atoms with Crippen molar-refractivity contribution < 1.29 is 14.3 Å². The van der Waals surface area contributed by atoms with Gasteiger partial charge in [0.15, 0.2) is 0 Å². The number of ether oxygens (including phenoxy) is 2. The fraction of sp³-hybridized carbons (Fsp3) is 0.900. The zero-order valence-corrected chi connectivity index (χ0v) is 9.34. The van der Waals surface area contributed by atoms with Crippen LogP contribution in [0.4, 0.5) is 0 Å². The summed E-state index contributed by atoms with van der Waals surface area (Å²) >= 11 is 0. The van der Waals surface area contributed by atoms with Crippen LogP contribution in [0.3, 0.4) is 0 Å². The van der Waals surface area contributed by atoms with E-state index in [2.05, 4.69) is 0 Å². The number of carbonyl (C=O) groups excluding carboxylic acids is 1. The maximum Gasteiger partial charge on any atom is 0.313 e. The zero-order valence-electron chi connectivity index (χ0n) is 9.34. The van der Waals surface area contributed by atoms with E-state index < -0.39 is 5.41 Å². The first-order valence-electron chi connectivity index (χ1n) is 5.03. The predicted octanol–water partition coefficient (Wildman–Crippen LogP) is 0.941. The van der Waals surface area contributed by atoms with Crippen LogP contribution in [0.5, 0.6) is 0 Å². The maximum absolute atomic E-state index is 11.7. The molecule has 14 heavy (non-hydrogen) atoms. The second-order valence-corrected chi connectivity index (χ2v) is 3.32. The fourth-order valence-electron chi connectivity index (χ4n) is 1.28. The summed E-state index contributed by atoms with van der Waals surface area (Å²) in [5, 5.41) is 0. The Hall–Kier alpha value is -0.610. The molecule has 0 spiro atoms. The molecule has 0 amide bonds. The van der Waals surface area contributed by atoms with Crippen LogP contribution in [0.2, 0.25) is 0 Å². The third-order valence-electron chi connectivity index (χ3n) is 2.70. The first kappa shape index (κ1) is 13.4. The fourth-order valence-corrected chi connectivity index (χ4v) is 1.28. The van der Waals surface area contributed by atoms with E-state index in [1.807, 2.05) is 13.8 Å². The Kier molecular flexibility index (Phi) is 6.49. The SMILES string of the molecule is CCC(CC)(CN)C(=O)OCCOC. The van der Waals surface area contributed by atoms with Gasteiger partial charge < -0.3 is 15.2 Å². The maximum atomic E-state index is 11.7. The number of hydrogen-bond acceptors (Lipinski definition) is 4. The van der Waals surface area contributed by atoms with Gasteiger partial charge in [0.25, 0.3) is 0 Å². The number of methoxy groups -OCH3 is 1. The van der Waals surface area contributed by atoms with Crippen LogP contribution in [-0.4, -0.2) is 32.8 Å². The zero-order chi connectivity index (χ0) is 11.0. The van der Waals surface area contributed by atoms with Gasteiger partial charge in [0.05, 0.1) is 12.0 Å². The van der Waals surface area contributed by atoms with Crippen LogP contribution < -0.4 is 5.73 Å². The Bertz CT molecular complexity index is 158. The summed E-state index contributed by atoms with van der Waals surface area (Å²) in [4.78, 5) is 11.7. The van der Waals surface area contributed by atoms with Gasteiger partial charge in [0, 0.05) is 13.7 Å². The molecule has 84 valence electrons. The summed E-state index contributed by atoms with van der Waals surface area (Å²) in [6, 6.07) is 0. The topological polar surface area (TPSA) is 61.6 Å². The molecule has 4 nitrogen and oxygen atoms in total. The largest absolute Gasteiger partial charge is 0.463 e. The minimum atomic E-state index is -0.506. The van der Waals surface area contributed by atoms with Gasteiger partial charge in [0.1, 0.15) is 6.61 Å². The smallest absolute Gasteiger partial charge is 0.313 e. The monoisotopic (exact) mass is 203 g/mol. The molecular weight excluding hydrogens is 182 g/mol. The van der Waals surface area contributed by atoms with Crippen molar-refractivity contribution in [3.63, 3.8) is 0 Å². The van der Waals surface area contributed by atoms with Gasteiger partial charge in [-0.25, -0.2) is 0 Å². The molecule has 0 fully saturated rings. The molecule has 0 aromatic rings. The Labute approximate surface area is 85.8 Å². The summed E-state index contributed by atoms with van der Waals surface area (Å²) in [7, 11) is 1.57. The second kappa shape index (κ2) is 6.79. The van der Waals surface area contributed by atoms with E-state index in [0.717, 1.165) is 0 Å². The molecule has 4 heteroatoms. The molecule has 0 rings (SSSR count). The van der Waals surface area contributed by atoms with Crippen molar-refractivity contribution in [2.45, 2.75) is 26.7 Å². The average Bonchev–Trinajstić information content (AvgIpc) is 2.22. The molecule has 0 aromatic carbocycles. The molecule has 0 bridgehead atoms. The summed E-state index contributed by atoms with van der Waals surface area (Å²) in [6.07, 6.45) is 1.43. The lowest BCUT2D eigenvalue weighted by molar-refractivity contribution is -0.157. The summed E-state index contributed by atoms with van der Waals surface area (Å²) < 4.78 is 9.87. The van der Waals surface area contributed by atoms with Crippen LogP contribution in [0.25, 0.3) is 0 Å². The standard InChI is InChI=1S/C10H21NO3/c1-4-10(5-2,8-11)9(12)14-7-6-13-3/h4-8,11H2,1-3H3.